The third-order valence-corrected chi connectivity index (χ3v) is 6.27. The van der Waals surface area contributed by atoms with E-state index in [-0.39, 0.29) is 24.4 Å². The summed E-state index contributed by atoms with van der Waals surface area (Å²) in [6, 6.07) is 8.77. The first-order chi connectivity index (χ1) is 14.0. The Hall–Kier alpha value is -1.59. The lowest BCUT2D eigenvalue weighted by molar-refractivity contribution is -0.155. The molecule has 0 spiro atoms. The highest BCUT2D eigenvalue weighted by atomic mass is 35.5. The second kappa shape index (κ2) is 13.7. The average Bonchev–Trinajstić information content (AvgIpc) is 3.17. The van der Waals surface area contributed by atoms with Crippen LogP contribution in [0.2, 0.25) is 0 Å². The molecule has 170 valence electrons. The van der Waals surface area contributed by atoms with Crippen molar-refractivity contribution in [2.45, 2.75) is 90.1 Å². The topological polar surface area (TPSA) is 78.4 Å². The van der Waals surface area contributed by atoms with Gasteiger partial charge in [-0.3, -0.25) is 9.59 Å². The van der Waals surface area contributed by atoms with Gasteiger partial charge in [-0.25, -0.2) is 0 Å². The van der Waals surface area contributed by atoms with E-state index in [9.17, 15) is 14.7 Å². The molecule has 0 radical (unpaired) electrons. The minimum atomic E-state index is -1.28. The molecule has 1 aliphatic carbocycles. The number of carbonyl (C=O) groups excluding carboxylic acids is 1. The van der Waals surface area contributed by atoms with Crippen molar-refractivity contribution < 1.29 is 14.7 Å². The Morgan fingerprint density at radius 3 is 2.23 bits per heavy atom. The summed E-state index contributed by atoms with van der Waals surface area (Å²) in [5.74, 6) is -1.40. The third kappa shape index (κ3) is 7.59. The molecule has 2 unspecified atom stereocenters. The third-order valence-electron chi connectivity index (χ3n) is 6.27. The van der Waals surface area contributed by atoms with Gasteiger partial charge in [0.2, 0.25) is 5.91 Å². The molecule has 2 rings (SSSR count). The molecule has 1 aliphatic rings. The van der Waals surface area contributed by atoms with Crippen molar-refractivity contribution in [2.75, 3.05) is 7.05 Å². The molecule has 5 nitrogen and oxygen atoms in total. The molecule has 0 aromatic heterocycles. The molecule has 0 bridgehead atoms. The van der Waals surface area contributed by atoms with E-state index in [4.69, 9.17) is 0 Å². The Kier molecular flexibility index (Phi) is 12.0. The largest absolute Gasteiger partial charge is 0.480 e. The molecule has 0 aliphatic heterocycles. The molecule has 1 aromatic rings. The zero-order valence-electron chi connectivity index (χ0n) is 18.5. The molecule has 0 heterocycles. The van der Waals surface area contributed by atoms with E-state index in [2.05, 4.69) is 41.8 Å². The number of hydrogen-bond acceptors (Lipinski definition) is 3. The van der Waals surface area contributed by atoms with Crippen molar-refractivity contribution in [3.8, 4) is 0 Å². The number of carboxylic acids is 1. The summed E-state index contributed by atoms with van der Waals surface area (Å²) in [4.78, 5) is 23.8. The van der Waals surface area contributed by atoms with Gasteiger partial charge < -0.3 is 15.7 Å². The van der Waals surface area contributed by atoms with E-state index in [1.165, 1.54) is 63.1 Å². The van der Waals surface area contributed by atoms with Crippen molar-refractivity contribution in [1.82, 2.24) is 10.6 Å². The van der Waals surface area contributed by atoms with Gasteiger partial charge in [0.25, 0.3) is 0 Å². The number of nitrogens with one attached hydrogen (secondary N) is 2. The number of rotatable bonds is 13. The lowest BCUT2D eigenvalue weighted by atomic mass is 9.85. The summed E-state index contributed by atoms with van der Waals surface area (Å²) in [5, 5.41) is 15.5. The number of amides is 1. The second-order valence-electron chi connectivity index (χ2n) is 8.47. The van der Waals surface area contributed by atoms with E-state index in [1.807, 2.05) is 0 Å². The highest BCUT2D eigenvalue weighted by Crippen LogP contribution is 2.39. The summed E-state index contributed by atoms with van der Waals surface area (Å²) >= 11 is 0. The lowest BCUT2D eigenvalue weighted by Gasteiger charge is -2.22. The molecule has 1 amide bonds. The summed E-state index contributed by atoms with van der Waals surface area (Å²) < 4.78 is 0. The fraction of sp³-hybridized carbons (Fsp3) is 0.667. The van der Waals surface area contributed by atoms with Crippen molar-refractivity contribution in [2.24, 2.45) is 5.41 Å². The van der Waals surface area contributed by atoms with Gasteiger partial charge in [0, 0.05) is 19.6 Å². The minimum absolute atomic E-state index is 0. The molecule has 6 heteroatoms. The molecule has 1 saturated carbocycles. The van der Waals surface area contributed by atoms with Gasteiger partial charge in [-0.15, -0.1) is 12.4 Å². The average molecular weight is 439 g/mol. The maximum Gasteiger partial charge on any atom is 0.319 e. The van der Waals surface area contributed by atoms with E-state index in [0.29, 0.717) is 25.8 Å². The van der Waals surface area contributed by atoms with Gasteiger partial charge in [-0.1, -0.05) is 69.7 Å². The summed E-state index contributed by atoms with van der Waals surface area (Å²) in [7, 11) is 1.50. The van der Waals surface area contributed by atoms with Crippen LogP contribution in [0.25, 0.3) is 0 Å². The fourth-order valence-electron chi connectivity index (χ4n) is 4.33. The number of carbonyl (C=O) groups is 2. The molecular weight excluding hydrogens is 400 g/mol. The smallest absolute Gasteiger partial charge is 0.319 e. The predicted molar refractivity (Wildman–Crippen MR) is 124 cm³/mol. The zero-order valence-corrected chi connectivity index (χ0v) is 19.4. The van der Waals surface area contributed by atoms with Crippen molar-refractivity contribution in [3.05, 3.63) is 35.4 Å². The van der Waals surface area contributed by atoms with Crippen LogP contribution >= 0.6 is 12.4 Å². The molecule has 30 heavy (non-hydrogen) atoms. The van der Waals surface area contributed by atoms with Crippen LogP contribution in [-0.2, 0) is 22.6 Å². The normalized spacial score (nSPS) is 20.5. The highest BCUT2D eigenvalue weighted by Gasteiger charge is 2.51. The van der Waals surface area contributed by atoms with Gasteiger partial charge in [0.05, 0.1) is 0 Å². The van der Waals surface area contributed by atoms with Gasteiger partial charge >= 0.3 is 5.97 Å². The van der Waals surface area contributed by atoms with Crippen molar-refractivity contribution in [1.29, 1.82) is 0 Å². The molecule has 1 aromatic carbocycles. The van der Waals surface area contributed by atoms with Gasteiger partial charge in [-0.2, -0.15) is 0 Å². The van der Waals surface area contributed by atoms with Crippen LogP contribution in [-0.4, -0.2) is 30.1 Å². The van der Waals surface area contributed by atoms with E-state index in [0.717, 1.165) is 6.42 Å². The maximum absolute atomic E-state index is 12.1. The standard InChI is InChI=1S/C24H38N2O3.ClH/c1-3-4-5-6-7-8-9-10-19-11-13-20(14-12-19)18-26-21-15-16-24(17-21,23(28)29)22(27)25-2;/h11-14,21,26H,3-10,15-18H2,1-2H3,(H,25,27)(H,28,29);1H. The van der Waals surface area contributed by atoms with Crippen LogP contribution in [0.1, 0.15) is 82.3 Å². The molecule has 1 fully saturated rings. The summed E-state index contributed by atoms with van der Waals surface area (Å²) in [6.07, 6.45) is 11.9. The number of benzene rings is 1. The maximum atomic E-state index is 12.1. The number of carboxylic acid groups (broad SMARTS) is 1. The summed E-state index contributed by atoms with van der Waals surface area (Å²) in [6.45, 7) is 2.95. The number of hydrogen-bond donors (Lipinski definition) is 3. The number of aliphatic carboxylic acids is 1. The van der Waals surface area contributed by atoms with Gasteiger partial charge in [0.15, 0.2) is 0 Å². The molecule has 2 atom stereocenters. The van der Waals surface area contributed by atoms with Crippen LogP contribution in [0.4, 0.5) is 0 Å². The molecular formula is C24H39ClN2O3. The van der Waals surface area contributed by atoms with Gasteiger partial charge in [-0.05, 0) is 43.2 Å². The Labute approximate surface area is 187 Å². The number of halogens is 1. The van der Waals surface area contributed by atoms with Crippen LogP contribution in [0.3, 0.4) is 0 Å². The summed E-state index contributed by atoms with van der Waals surface area (Å²) in [5.41, 5.74) is 1.29. The van der Waals surface area contributed by atoms with E-state index in [1.54, 1.807) is 0 Å². The van der Waals surface area contributed by atoms with Crippen LogP contribution in [0, 0.1) is 5.41 Å². The van der Waals surface area contributed by atoms with Crippen LogP contribution in [0.15, 0.2) is 24.3 Å². The first-order valence-electron chi connectivity index (χ1n) is 11.3. The van der Waals surface area contributed by atoms with Crippen molar-refractivity contribution >= 4 is 24.3 Å². The van der Waals surface area contributed by atoms with E-state index >= 15 is 0 Å². The first kappa shape index (κ1) is 26.4. The van der Waals surface area contributed by atoms with Gasteiger partial charge in [0.1, 0.15) is 5.41 Å². The number of aryl methyl sites for hydroxylation is 1. The lowest BCUT2D eigenvalue weighted by Crippen LogP contribution is -2.44. The van der Waals surface area contributed by atoms with E-state index < -0.39 is 11.4 Å². The SMILES string of the molecule is CCCCCCCCCc1ccc(CNC2CCC(C(=O)O)(C(=O)NC)C2)cc1.Cl. The predicted octanol–water partition coefficient (Wildman–Crippen LogP) is 4.86. The molecule has 0 saturated heterocycles. The second-order valence-corrected chi connectivity index (χ2v) is 8.47. The van der Waals surface area contributed by atoms with Crippen molar-refractivity contribution in [3.63, 3.8) is 0 Å². The van der Waals surface area contributed by atoms with Crippen LogP contribution in [0.5, 0.6) is 0 Å². The quantitative estimate of drug-likeness (QED) is 0.303. The Morgan fingerprint density at radius 2 is 1.63 bits per heavy atom. The Morgan fingerprint density at radius 1 is 1.03 bits per heavy atom. The monoisotopic (exact) mass is 438 g/mol. The zero-order chi connectivity index (χ0) is 21.1. The molecule has 3 N–H and O–H groups in total. The Bertz CT molecular complexity index is 650. The highest BCUT2D eigenvalue weighted by molar-refractivity contribution is 6.02. The first-order valence-corrected chi connectivity index (χ1v) is 11.3. The Balaban J connectivity index is 0.00000450. The number of unbranched alkanes of at least 4 members (excludes halogenated alkanes) is 6. The van der Waals surface area contributed by atoms with Crippen LogP contribution < -0.4 is 10.6 Å². The minimum Gasteiger partial charge on any atom is -0.480 e. The fourth-order valence-corrected chi connectivity index (χ4v) is 4.33.